The lowest BCUT2D eigenvalue weighted by molar-refractivity contribution is -0.153. The quantitative estimate of drug-likeness (QED) is 0.688. The zero-order valence-corrected chi connectivity index (χ0v) is 17.7. The first-order valence-corrected chi connectivity index (χ1v) is 11.6. The van der Waals surface area contributed by atoms with Gasteiger partial charge in [0.15, 0.2) is 6.61 Å². The maximum atomic E-state index is 12.8. The van der Waals surface area contributed by atoms with Gasteiger partial charge in [0.1, 0.15) is 10.6 Å². The molecule has 1 aromatic carbocycles. The van der Waals surface area contributed by atoms with Gasteiger partial charge in [0, 0.05) is 44.3 Å². The Morgan fingerprint density at radius 1 is 1.03 bits per heavy atom. The van der Waals surface area contributed by atoms with Crippen LogP contribution in [0.2, 0.25) is 0 Å². The fraction of sp³-hybridized carbons (Fsp3) is 0.476. The molecule has 0 unspecified atom stereocenters. The molecule has 1 spiro atoms. The van der Waals surface area contributed by atoms with E-state index in [2.05, 4.69) is 9.88 Å². The van der Waals surface area contributed by atoms with Crippen molar-refractivity contribution in [2.75, 3.05) is 37.7 Å². The summed E-state index contributed by atoms with van der Waals surface area (Å²) in [7, 11) is -3.53. The van der Waals surface area contributed by atoms with E-state index in [4.69, 9.17) is 4.74 Å². The molecule has 0 radical (unpaired) electrons. The van der Waals surface area contributed by atoms with E-state index < -0.39 is 22.8 Å². The van der Waals surface area contributed by atoms with Gasteiger partial charge in [0.25, 0.3) is 0 Å². The van der Waals surface area contributed by atoms with Gasteiger partial charge in [-0.05, 0) is 61.1 Å². The standard InChI is InChI=1S/C21H24F3N3O3S/c22-21(23,24)16-30-18-5-3-17(4-6-18)26-11-7-20(15-26)8-12-27(13-9-20)31(28,29)19-2-1-10-25-14-19/h1-6,10,14H,7-9,11-13,15-16H2. The van der Waals surface area contributed by atoms with Gasteiger partial charge in [0.05, 0.1) is 0 Å². The van der Waals surface area contributed by atoms with Crippen LogP contribution < -0.4 is 9.64 Å². The summed E-state index contributed by atoms with van der Waals surface area (Å²) in [5.74, 6) is 0.184. The smallest absolute Gasteiger partial charge is 0.422 e. The minimum atomic E-state index is -4.36. The maximum Gasteiger partial charge on any atom is 0.422 e. The van der Waals surface area contributed by atoms with Crippen LogP contribution in [0.25, 0.3) is 0 Å². The molecule has 0 amide bonds. The van der Waals surface area contributed by atoms with Gasteiger partial charge in [-0.15, -0.1) is 0 Å². The fourth-order valence-electron chi connectivity index (χ4n) is 4.33. The van der Waals surface area contributed by atoms with Crippen molar-refractivity contribution in [2.24, 2.45) is 5.41 Å². The molecule has 2 aliphatic rings. The van der Waals surface area contributed by atoms with Crippen LogP contribution >= 0.6 is 0 Å². The molecule has 0 bridgehead atoms. The monoisotopic (exact) mass is 455 g/mol. The Kier molecular flexibility index (Phi) is 5.87. The zero-order chi connectivity index (χ0) is 22.1. The summed E-state index contributed by atoms with van der Waals surface area (Å²) in [5, 5.41) is 0. The molecule has 31 heavy (non-hydrogen) atoms. The van der Waals surface area contributed by atoms with Gasteiger partial charge in [-0.2, -0.15) is 17.5 Å². The number of sulfonamides is 1. The van der Waals surface area contributed by atoms with E-state index in [0.29, 0.717) is 13.1 Å². The Morgan fingerprint density at radius 3 is 2.32 bits per heavy atom. The lowest BCUT2D eigenvalue weighted by Gasteiger charge is -2.38. The first-order chi connectivity index (χ1) is 14.7. The summed E-state index contributed by atoms with van der Waals surface area (Å²) in [6, 6.07) is 9.82. The molecule has 0 saturated carbocycles. The molecule has 0 aliphatic carbocycles. The molecular weight excluding hydrogens is 431 g/mol. The van der Waals surface area contributed by atoms with E-state index in [1.165, 1.54) is 10.5 Å². The van der Waals surface area contributed by atoms with Gasteiger partial charge in [0.2, 0.25) is 10.0 Å². The third-order valence-electron chi connectivity index (χ3n) is 6.10. The Morgan fingerprint density at radius 2 is 1.71 bits per heavy atom. The molecule has 2 aromatic rings. The first kappa shape index (κ1) is 21.9. The summed E-state index contributed by atoms with van der Waals surface area (Å²) in [6.45, 7) is 1.26. The molecule has 3 heterocycles. The number of piperidine rings is 1. The lowest BCUT2D eigenvalue weighted by Crippen LogP contribution is -2.44. The van der Waals surface area contributed by atoms with Gasteiger partial charge in [-0.25, -0.2) is 8.42 Å². The second kappa shape index (κ2) is 8.31. The SMILES string of the molecule is O=S(=O)(c1cccnc1)N1CCC2(CCN(c3ccc(OCC(F)(F)F)cc3)C2)CC1. The molecule has 4 rings (SSSR count). The van der Waals surface area contributed by atoms with Gasteiger partial charge in [-0.1, -0.05) is 0 Å². The molecule has 2 fully saturated rings. The molecule has 168 valence electrons. The number of aromatic nitrogens is 1. The second-order valence-corrected chi connectivity index (χ2v) is 10.1. The normalized spacial score (nSPS) is 19.6. The van der Waals surface area contributed by atoms with Gasteiger partial charge in [-0.3, -0.25) is 4.98 Å². The van der Waals surface area contributed by atoms with Crippen LogP contribution in [0.1, 0.15) is 19.3 Å². The Bertz CT molecular complexity index is 990. The Balaban J connectivity index is 1.35. The number of benzene rings is 1. The van der Waals surface area contributed by atoms with Crippen molar-refractivity contribution < 1.29 is 26.3 Å². The van der Waals surface area contributed by atoms with Crippen molar-refractivity contribution in [3.63, 3.8) is 0 Å². The van der Waals surface area contributed by atoms with Crippen LogP contribution in [0.15, 0.2) is 53.7 Å². The minimum absolute atomic E-state index is 0.0480. The van der Waals surface area contributed by atoms with Crippen molar-refractivity contribution >= 4 is 15.7 Å². The maximum absolute atomic E-state index is 12.8. The van der Waals surface area contributed by atoms with E-state index in [9.17, 15) is 21.6 Å². The van der Waals surface area contributed by atoms with E-state index in [-0.39, 0.29) is 16.1 Å². The molecule has 6 nitrogen and oxygen atoms in total. The molecule has 2 saturated heterocycles. The summed E-state index contributed by atoms with van der Waals surface area (Å²) in [4.78, 5) is 6.33. The average Bonchev–Trinajstić information content (AvgIpc) is 3.16. The number of halogens is 3. The minimum Gasteiger partial charge on any atom is -0.484 e. The average molecular weight is 456 g/mol. The topological polar surface area (TPSA) is 62.7 Å². The first-order valence-electron chi connectivity index (χ1n) is 10.1. The molecule has 0 atom stereocenters. The van der Waals surface area contributed by atoms with Crippen molar-refractivity contribution in [3.8, 4) is 5.75 Å². The third kappa shape index (κ3) is 4.95. The van der Waals surface area contributed by atoms with Crippen LogP contribution in [-0.4, -0.2) is 56.7 Å². The predicted octanol–water partition coefficient (Wildman–Crippen LogP) is 3.70. The summed E-state index contributed by atoms with van der Waals surface area (Å²) in [5.41, 5.74) is 0.980. The van der Waals surface area contributed by atoms with E-state index in [0.717, 1.165) is 38.0 Å². The van der Waals surface area contributed by atoms with Crippen molar-refractivity contribution in [1.29, 1.82) is 0 Å². The molecule has 10 heteroatoms. The van der Waals surface area contributed by atoms with E-state index >= 15 is 0 Å². The zero-order valence-electron chi connectivity index (χ0n) is 16.9. The molecule has 2 aliphatic heterocycles. The van der Waals surface area contributed by atoms with Gasteiger partial charge >= 0.3 is 6.18 Å². The van der Waals surface area contributed by atoms with Crippen LogP contribution in [-0.2, 0) is 10.0 Å². The summed E-state index contributed by atoms with van der Waals surface area (Å²) < 4.78 is 68.8. The highest BCUT2D eigenvalue weighted by molar-refractivity contribution is 7.89. The highest BCUT2D eigenvalue weighted by Crippen LogP contribution is 2.43. The summed E-state index contributed by atoms with van der Waals surface area (Å²) in [6.07, 6.45) is 1.07. The van der Waals surface area contributed by atoms with Crippen molar-refractivity contribution in [3.05, 3.63) is 48.8 Å². The highest BCUT2D eigenvalue weighted by atomic mass is 32.2. The highest BCUT2D eigenvalue weighted by Gasteiger charge is 2.43. The second-order valence-electron chi connectivity index (χ2n) is 8.16. The summed E-state index contributed by atoms with van der Waals surface area (Å²) >= 11 is 0. The van der Waals surface area contributed by atoms with E-state index in [1.807, 2.05) is 0 Å². The van der Waals surface area contributed by atoms with Crippen LogP contribution in [0.3, 0.4) is 0 Å². The van der Waals surface area contributed by atoms with Crippen molar-refractivity contribution in [1.82, 2.24) is 9.29 Å². The number of nitrogens with zero attached hydrogens (tertiary/aromatic N) is 3. The number of alkyl halides is 3. The number of ether oxygens (including phenoxy) is 1. The number of pyridine rings is 1. The van der Waals surface area contributed by atoms with Crippen LogP contribution in [0.4, 0.5) is 18.9 Å². The lowest BCUT2D eigenvalue weighted by atomic mass is 9.78. The molecule has 0 N–H and O–H groups in total. The fourth-order valence-corrected chi connectivity index (χ4v) is 5.74. The number of hydrogen-bond donors (Lipinski definition) is 0. The Labute approximate surface area is 179 Å². The van der Waals surface area contributed by atoms with Crippen LogP contribution in [0, 0.1) is 5.41 Å². The van der Waals surface area contributed by atoms with E-state index in [1.54, 1.807) is 42.6 Å². The number of anilines is 1. The molecule has 1 aromatic heterocycles. The van der Waals surface area contributed by atoms with Crippen LogP contribution in [0.5, 0.6) is 5.75 Å². The predicted molar refractivity (Wildman–Crippen MR) is 109 cm³/mol. The molecular formula is C21H24F3N3O3S. The largest absolute Gasteiger partial charge is 0.484 e. The van der Waals surface area contributed by atoms with Crippen molar-refractivity contribution in [2.45, 2.75) is 30.3 Å². The van der Waals surface area contributed by atoms with Gasteiger partial charge < -0.3 is 9.64 Å². The number of rotatable bonds is 5. The number of hydrogen-bond acceptors (Lipinski definition) is 5. The third-order valence-corrected chi connectivity index (χ3v) is 7.98. The Hall–Kier alpha value is -2.33.